The number of aliphatic hydroxyl groups is 1. The quantitative estimate of drug-likeness (QED) is 0.659. The smallest absolute Gasteiger partial charge is 0.259 e. The van der Waals surface area contributed by atoms with Gasteiger partial charge in [0, 0.05) is 54.5 Å². The lowest BCUT2D eigenvalue weighted by molar-refractivity contribution is -0.122. The Kier molecular flexibility index (Phi) is 4.02. The minimum absolute atomic E-state index is 0.0517. The van der Waals surface area contributed by atoms with E-state index in [1.54, 1.807) is 18.5 Å². The molecule has 26 heavy (non-hydrogen) atoms. The third kappa shape index (κ3) is 2.56. The number of aryl methyl sites for hydroxylation is 1. The molecular weight excluding hydrogens is 334 g/mol. The van der Waals surface area contributed by atoms with E-state index in [9.17, 15) is 9.59 Å². The van der Waals surface area contributed by atoms with Crippen LogP contribution >= 0.6 is 0 Å². The summed E-state index contributed by atoms with van der Waals surface area (Å²) in [5.74, 6) is -0.932. The molecule has 1 aliphatic rings. The number of pyridine rings is 1. The summed E-state index contributed by atoms with van der Waals surface area (Å²) in [5.41, 5.74) is 2.32. The third-order valence-electron chi connectivity index (χ3n) is 4.24. The highest BCUT2D eigenvalue weighted by Crippen LogP contribution is 2.35. The number of hydrogen-bond donors (Lipinski definition) is 2. The second-order valence-electron chi connectivity index (χ2n) is 5.85. The van der Waals surface area contributed by atoms with Crippen LogP contribution in [0.25, 0.3) is 22.2 Å². The molecule has 8 nitrogen and oxygen atoms in total. The van der Waals surface area contributed by atoms with Gasteiger partial charge in [0.05, 0.1) is 11.1 Å². The fraction of sp³-hybridized carbons (Fsp3) is 0.167. The molecule has 0 radical (unpaired) electrons. The first-order valence-electron chi connectivity index (χ1n) is 8.11. The monoisotopic (exact) mass is 349 g/mol. The molecule has 4 heterocycles. The lowest BCUT2D eigenvalue weighted by Gasteiger charge is -2.02. The molecule has 0 fully saturated rings. The van der Waals surface area contributed by atoms with E-state index in [0.717, 1.165) is 5.39 Å². The van der Waals surface area contributed by atoms with Gasteiger partial charge in [0.25, 0.3) is 11.8 Å². The van der Waals surface area contributed by atoms with Crippen LogP contribution < -0.4 is 5.32 Å². The first-order chi connectivity index (χ1) is 12.7. The van der Waals surface area contributed by atoms with Crippen LogP contribution in [-0.2, 0) is 16.1 Å². The van der Waals surface area contributed by atoms with Crippen molar-refractivity contribution in [1.82, 2.24) is 24.8 Å². The number of aliphatic hydroxyl groups excluding tert-OH is 1. The van der Waals surface area contributed by atoms with E-state index in [-0.39, 0.29) is 17.8 Å². The van der Waals surface area contributed by atoms with Gasteiger partial charge in [0.15, 0.2) is 0 Å². The van der Waals surface area contributed by atoms with E-state index in [1.165, 1.54) is 18.7 Å². The van der Waals surface area contributed by atoms with Crippen LogP contribution in [0.4, 0.5) is 0 Å². The number of nitrogens with one attached hydrogen (secondary N) is 1. The van der Waals surface area contributed by atoms with Crippen molar-refractivity contribution in [3.8, 4) is 0 Å². The molecule has 0 aromatic carbocycles. The maximum Gasteiger partial charge on any atom is 0.259 e. The molecule has 4 rings (SSSR count). The van der Waals surface area contributed by atoms with Crippen molar-refractivity contribution in [1.29, 1.82) is 0 Å². The number of amides is 2. The van der Waals surface area contributed by atoms with Gasteiger partial charge in [0.1, 0.15) is 12.0 Å². The van der Waals surface area contributed by atoms with Gasteiger partial charge in [-0.3, -0.25) is 14.9 Å². The standard InChI is InChI=1S/C18H15N5O3/c24-6-2-5-23-9-13(12-3-1-4-21-16(12)23)15-14(17(25)22-18(15)26)11-7-19-10-20-8-11/h1,3-4,7-10,24H,2,5-6H2,(H,22,25,26). The topological polar surface area (TPSA) is 110 Å². The molecule has 3 aromatic heterocycles. The fourth-order valence-electron chi connectivity index (χ4n) is 3.15. The van der Waals surface area contributed by atoms with E-state index in [1.807, 2.05) is 10.6 Å². The van der Waals surface area contributed by atoms with Crippen LogP contribution in [0.2, 0.25) is 0 Å². The van der Waals surface area contributed by atoms with Crippen molar-refractivity contribution in [3.63, 3.8) is 0 Å². The van der Waals surface area contributed by atoms with Crippen LogP contribution in [0.3, 0.4) is 0 Å². The van der Waals surface area contributed by atoms with Crippen LogP contribution in [-0.4, -0.2) is 43.0 Å². The summed E-state index contributed by atoms with van der Waals surface area (Å²) in [5, 5.41) is 12.2. The van der Waals surface area contributed by atoms with Crippen molar-refractivity contribution in [2.45, 2.75) is 13.0 Å². The van der Waals surface area contributed by atoms with E-state index in [2.05, 4.69) is 20.3 Å². The van der Waals surface area contributed by atoms with Gasteiger partial charge < -0.3 is 9.67 Å². The number of nitrogens with zero attached hydrogens (tertiary/aromatic N) is 4. The largest absolute Gasteiger partial charge is 0.396 e. The lowest BCUT2D eigenvalue weighted by atomic mass is 9.98. The van der Waals surface area contributed by atoms with Gasteiger partial charge in [-0.15, -0.1) is 0 Å². The number of imide groups is 1. The highest BCUT2D eigenvalue weighted by atomic mass is 16.3. The zero-order valence-corrected chi connectivity index (χ0v) is 13.7. The summed E-state index contributed by atoms with van der Waals surface area (Å²) in [6, 6.07) is 3.64. The molecule has 2 amide bonds. The maximum absolute atomic E-state index is 12.5. The van der Waals surface area contributed by atoms with Gasteiger partial charge in [-0.2, -0.15) is 0 Å². The summed E-state index contributed by atoms with van der Waals surface area (Å²) >= 11 is 0. The maximum atomic E-state index is 12.5. The zero-order chi connectivity index (χ0) is 18.1. The number of rotatable bonds is 5. The minimum Gasteiger partial charge on any atom is -0.396 e. The highest BCUT2D eigenvalue weighted by Gasteiger charge is 2.34. The average Bonchev–Trinajstić information content (AvgIpc) is 3.17. The number of carbonyl (C=O) groups is 2. The number of fused-ring (bicyclic) bond motifs is 1. The Morgan fingerprint density at radius 1 is 1.12 bits per heavy atom. The Bertz CT molecular complexity index is 1040. The van der Waals surface area contributed by atoms with Gasteiger partial charge in [-0.25, -0.2) is 15.0 Å². The molecule has 0 bridgehead atoms. The Labute approximate surface area is 148 Å². The lowest BCUT2D eigenvalue weighted by Crippen LogP contribution is -2.22. The Morgan fingerprint density at radius 2 is 1.88 bits per heavy atom. The molecule has 130 valence electrons. The normalized spacial score (nSPS) is 14.3. The Balaban J connectivity index is 1.97. The summed E-state index contributed by atoms with van der Waals surface area (Å²) in [7, 11) is 0. The molecule has 0 saturated heterocycles. The van der Waals surface area contributed by atoms with E-state index in [0.29, 0.717) is 29.7 Å². The number of carbonyl (C=O) groups excluding carboxylic acids is 2. The van der Waals surface area contributed by atoms with E-state index in [4.69, 9.17) is 5.11 Å². The zero-order valence-electron chi connectivity index (χ0n) is 13.7. The van der Waals surface area contributed by atoms with Crippen LogP contribution in [0.1, 0.15) is 17.5 Å². The Morgan fingerprint density at radius 3 is 2.65 bits per heavy atom. The van der Waals surface area contributed by atoms with Crippen molar-refractivity contribution < 1.29 is 14.7 Å². The summed E-state index contributed by atoms with van der Waals surface area (Å²) in [6.07, 6.45) is 8.40. The predicted octanol–water partition coefficient (Wildman–Crippen LogP) is 0.776. The van der Waals surface area contributed by atoms with E-state index >= 15 is 0 Å². The molecule has 0 aliphatic carbocycles. The van der Waals surface area contributed by atoms with Gasteiger partial charge in [-0.05, 0) is 18.6 Å². The second-order valence-corrected chi connectivity index (χ2v) is 5.85. The van der Waals surface area contributed by atoms with Crippen molar-refractivity contribution in [2.24, 2.45) is 0 Å². The summed E-state index contributed by atoms with van der Waals surface area (Å²) in [6.45, 7) is 0.604. The van der Waals surface area contributed by atoms with Gasteiger partial charge >= 0.3 is 0 Å². The first-order valence-corrected chi connectivity index (χ1v) is 8.11. The summed E-state index contributed by atoms with van der Waals surface area (Å²) in [4.78, 5) is 37.2. The van der Waals surface area contributed by atoms with Crippen LogP contribution in [0, 0.1) is 0 Å². The molecule has 3 aromatic rings. The third-order valence-corrected chi connectivity index (χ3v) is 4.24. The van der Waals surface area contributed by atoms with Crippen molar-refractivity contribution in [2.75, 3.05) is 6.61 Å². The molecule has 0 atom stereocenters. The van der Waals surface area contributed by atoms with Crippen molar-refractivity contribution >= 4 is 34.0 Å². The number of aromatic nitrogens is 4. The molecule has 8 heteroatoms. The van der Waals surface area contributed by atoms with E-state index < -0.39 is 11.8 Å². The highest BCUT2D eigenvalue weighted by molar-refractivity contribution is 6.49. The molecule has 0 spiro atoms. The van der Waals surface area contributed by atoms with Crippen molar-refractivity contribution in [3.05, 3.63) is 54.4 Å². The Hall–Kier alpha value is -3.39. The van der Waals surface area contributed by atoms with Gasteiger partial charge in [-0.1, -0.05) is 0 Å². The van der Waals surface area contributed by atoms with Crippen LogP contribution in [0.15, 0.2) is 43.2 Å². The summed E-state index contributed by atoms with van der Waals surface area (Å²) < 4.78 is 1.88. The fourth-order valence-corrected chi connectivity index (χ4v) is 3.15. The van der Waals surface area contributed by atoms with Crippen LogP contribution in [0.5, 0.6) is 0 Å². The predicted molar refractivity (Wildman–Crippen MR) is 93.4 cm³/mol. The first kappa shape index (κ1) is 16.1. The molecule has 1 aliphatic heterocycles. The molecule has 0 unspecified atom stereocenters. The molecule has 0 saturated carbocycles. The molecule has 2 N–H and O–H groups in total. The minimum atomic E-state index is -0.472. The number of hydrogen-bond acceptors (Lipinski definition) is 6. The average molecular weight is 349 g/mol. The SMILES string of the molecule is O=C1NC(=O)C(c2cn(CCCO)c3ncccc23)=C1c1cncnc1. The molecular formula is C18H15N5O3. The second kappa shape index (κ2) is 6.49. The van der Waals surface area contributed by atoms with Gasteiger partial charge in [0.2, 0.25) is 0 Å².